The number of anilines is 1. The van der Waals surface area contributed by atoms with Crippen LogP contribution < -0.4 is 5.32 Å². The predicted molar refractivity (Wildman–Crippen MR) is 110 cm³/mol. The summed E-state index contributed by atoms with van der Waals surface area (Å²) in [6.07, 6.45) is 8.55. The minimum atomic E-state index is -0.0360. The van der Waals surface area contributed by atoms with Crippen LogP contribution in [0.15, 0.2) is 48.9 Å². The first-order chi connectivity index (χ1) is 13.7. The number of aryl methyl sites for hydroxylation is 1. The fourth-order valence-corrected chi connectivity index (χ4v) is 3.75. The van der Waals surface area contributed by atoms with Gasteiger partial charge in [0.15, 0.2) is 0 Å². The highest BCUT2D eigenvalue weighted by atomic mass is 16.2. The normalized spacial score (nSPS) is 15.0. The SMILES string of the molecule is CCCc1cc(NC2CCN(C(=O)c3cnccn3)CC2)c2ccccc2n1. The third-order valence-electron chi connectivity index (χ3n) is 5.20. The number of nitrogens with one attached hydrogen (secondary N) is 1. The lowest BCUT2D eigenvalue weighted by Crippen LogP contribution is -2.42. The van der Waals surface area contributed by atoms with Crippen LogP contribution in [0, 0.1) is 0 Å². The summed E-state index contributed by atoms with van der Waals surface area (Å²) in [5.41, 5.74) is 3.72. The average Bonchev–Trinajstić information content (AvgIpc) is 2.75. The van der Waals surface area contributed by atoms with Crippen LogP contribution in [0.4, 0.5) is 5.69 Å². The molecule has 1 saturated heterocycles. The van der Waals surface area contributed by atoms with Crippen LogP contribution in [0.5, 0.6) is 0 Å². The molecule has 0 saturated carbocycles. The van der Waals surface area contributed by atoms with Crippen LogP contribution in [0.1, 0.15) is 42.4 Å². The van der Waals surface area contributed by atoms with Crippen molar-refractivity contribution < 1.29 is 4.79 Å². The molecule has 2 aromatic heterocycles. The number of hydrogen-bond donors (Lipinski definition) is 1. The fourth-order valence-electron chi connectivity index (χ4n) is 3.75. The Balaban J connectivity index is 1.45. The number of para-hydroxylation sites is 1. The Morgan fingerprint density at radius 2 is 2.04 bits per heavy atom. The van der Waals surface area contributed by atoms with Crippen LogP contribution in [-0.4, -0.2) is 44.9 Å². The van der Waals surface area contributed by atoms with Crippen molar-refractivity contribution >= 4 is 22.5 Å². The number of carbonyl (C=O) groups excluding carboxylic acids is 1. The maximum absolute atomic E-state index is 12.6. The van der Waals surface area contributed by atoms with Gasteiger partial charge in [0.05, 0.1) is 11.7 Å². The summed E-state index contributed by atoms with van der Waals surface area (Å²) in [5, 5.41) is 4.87. The van der Waals surface area contributed by atoms with Gasteiger partial charge in [0, 0.05) is 48.3 Å². The first kappa shape index (κ1) is 18.3. The Morgan fingerprint density at radius 1 is 1.21 bits per heavy atom. The third-order valence-corrected chi connectivity index (χ3v) is 5.20. The van der Waals surface area contributed by atoms with Gasteiger partial charge in [-0.1, -0.05) is 31.5 Å². The zero-order valence-electron chi connectivity index (χ0n) is 16.1. The van der Waals surface area contributed by atoms with E-state index in [0.29, 0.717) is 11.7 Å². The van der Waals surface area contributed by atoms with E-state index in [-0.39, 0.29) is 5.91 Å². The summed E-state index contributed by atoms with van der Waals surface area (Å²) in [4.78, 5) is 27.3. The molecule has 3 aromatic rings. The second-order valence-corrected chi connectivity index (χ2v) is 7.23. The maximum Gasteiger partial charge on any atom is 0.274 e. The van der Waals surface area contributed by atoms with Gasteiger partial charge in [-0.3, -0.25) is 14.8 Å². The molecule has 1 aromatic carbocycles. The lowest BCUT2D eigenvalue weighted by Gasteiger charge is -2.33. The van der Waals surface area contributed by atoms with Crippen LogP contribution in [0.25, 0.3) is 10.9 Å². The van der Waals surface area contributed by atoms with Gasteiger partial charge in [-0.25, -0.2) is 4.98 Å². The minimum absolute atomic E-state index is 0.0360. The summed E-state index contributed by atoms with van der Waals surface area (Å²) in [5.74, 6) is -0.0360. The number of likely N-dealkylation sites (tertiary alicyclic amines) is 1. The molecule has 0 spiro atoms. The van der Waals surface area contributed by atoms with Crippen molar-refractivity contribution in [2.75, 3.05) is 18.4 Å². The van der Waals surface area contributed by atoms with Crippen molar-refractivity contribution in [1.82, 2.24) is 19.9 Å². The highest BCUT2D eigenvalue weighted by Gasteiger charge is 2.24. The van der Waals surface area contributed by atoms with Crippen LogP contribution >= 0.6 is 0 Å². The van der Waals surface area contributed by atoms with E-state index in [2.05, 4.69) is 46.5 Å². The van der Waals surface area contributed by atoms with Gasteiger partial charge in [0.1, 0.15) is 5.69 Å². The summed E-state index contributed by atoms with van der Waals surface area (Å²) >= 11 is 0. The molecule has 4 rings (SSSR count). The molecular formula is C22H25N5O. The largest absolute Gasteiger partial charge is 0.382 e. The Hall–Kier alpha value is -3.02. The number of amides is 1. The Kier molecular flexibility index (Phi) is 5.46. The molecule has 0 bridgehead atoms. The Bertz CT molecular complexity index is 952. The topological polar surface area (TPSA) is 71.0 Å². The number of carbonyl (C=O) groups is 1. The molecule has 0 unspecified atom stereocenters. The third kappa shape index (κ3) is 3.96. The first-order valence-corrected chi connectivity index (χ1v) is 9.95. The molecular weight excluding hydrogens is 350 g/mol. The van der Waals surface area contributed by atoms with E-state index in [1.54, 1.807) is 12.4 Å². The van der Waals surface area contributed by atoms with Crippen molar-refractivity contribution in [2.45, 2.75) is 38.6 Å². The fraction of sp³-hybridized carbons (Fsp3) is 0.364. The Labute approximate surface area is 165 Å². The lowest BCUT2D eigenvalue weighted by molar-refractivity contribution is 0.0712. The molecule has 1 N–H and O–H groups in total. The van der Waals surface area contributed by atoms with Gasteiger partial charge in [-0.2, -0.15) is 0 Å². The quantitative estimate of drug-likeness (QED) is 0.736. The molecule has 6 heteroatoms. The van der Waals surface area contributed by atoms with Gasteiger partial charge >= 0.3 is 0 Å². The zero-order valence-corrected chi connectivity index (χ0v) is 16.1. The van der Waals surface area contributed by atoms with Gasteiger partial charge in [-0.15, -0.1) is 0 Å². The van der Waals surface area contributed by atoms with E-state index in [9.17, 15) is 4.79 Å². The molecule has 1 aliphatic heterocycles. The highest BCUT2D eigenvalue weighted by Crippen LogP contribution is 2.26. The number of benzene rings is 1. The lowest BCUT2D eigenvalue weighted by atomic mass is 10.0. The van der Waals surface area contributed by atoms with E-state index < -0.39 is 0 Å². The second-order valence-electron chi connectivity index (χ2n) is 7.23. The van der Waals surface area contributed by atoms with Gasteiger partial charge < -0.3 is 10.2 Å². The standard InChI is InChI=1S/C22H25N5O/c1-2-5-17-14-20(18-6-3-4-7-19(18)26-17)25-16-8-12-27(13-9-16)22(28)21-15-23-10-11-24-21/h3-4,6-7,10-11,14-16H,2,5,8-9,12-13H2,1H3,(H,25,26). The Morgan fingerprint density at radius 3 is 2.79 bits per heavy atom. The molecule has 1 aliphatic rings. The summed E-state index contributed by atoms with van der Waals surface area (Å²) in [6.45, 7) is 3.61. The molecule has 28 heavy (non-hydrogen) atoms. The minimum Gasteiger partial charge on any atom is -0.382 e. The first-order valence-electron chi connectivity index (χ1n) is 9.95. The highest BCUT2D eigenvalue weighted by molar-refractivity contribution is 5.92. The van der Waals surface area contributed by atoms with E-state index in [0.717, 1.165) is 61.1 Å². The molecule has 1 amide bonds. The zero-order chi connectivity index (χ0) is 19.3. The van der Waals surface area contributed by atoms with Crippen molar-refractivity contribution in [2.24, 2.45) is 0 Å². The number of nitrogens with zero attached hydrogens (tertiary/aromatic N) is 4. The van der Waals surface area contributed by atoms with Crippen LogP contribution in [0.3, 0.4) is 0 Å². The smallest absolute Gasteiger partial charge is 0.274 e. The van der Waals surface area contributed by atoms with Gasteiger partial charge in [-0.05, 0) is 31.4 Å². The van der Waals surface area contributed by atoms with E-state index >= 15 is 0 Å². The molecule has 1 fully saturated rings. The van der Waals surface area contributed by atoms with E-state index in [4.69, 9.17) is 4.98 Å². The van der Waals surface area contributed by atoms with Crippen molar-refractivity contribution in [3.05, 3.63) is 60.3 Å². The molecule has 6 nitrogen and oxygen atoms in total. The number of pyridine rings is 1. The van der Waals surface area contributed by atoms with Crippen molar-refractivity contribution in [3.8, 4) is 0 Å². The monoisotopic (exact) mass is 375 g/mol. The van der Waals surface area contributed by atoms with Gasteiger partial charge in [0.2, 0.25) is 0 Å². The number of hydrogen-bond acceptors (Lipinski definition) is 5. The maximum atomic E-state index is 12.6. The molecule has 0 radical (unpaired) electrons. The summed E-state index contributed by atoms with van der Waals surface area (Å²) in [7, 11) is 0. The van der Waals surface area contributed by atoms with Crippen LogP contribution in [-0.2, 0) is 6.42 Å². The van der Waals surface area contributed by atoms with Gasteiger partial charge in [0.25, 0.3) is 5.91 Å². The van der Waals surface area contributed by atoms with E-state index in [1.165, 1.54) is 6.20 Å². The molecule has 3 heterocycles. The average molecular weight is 375 g/mol. The molecule has 0 aliphatic carbocycles. The number of fused-ring (bicyclic) bond motifs is 1. The van der Waals surface area contributed by atoms with Crippen molar-refractivity contribution in [3.63, 3.8) is 0 Å². The molecule has 0 atom stereocenters. The summed E-state index contributed by atoms with van der Waals surface area (Å²) < 4.78 is 0. The number of piperidine rings is 1. The molecule has 144 valence electrons. The van der Waals surface area contributed by atoms with Crippen LogP contribution in [0.2, 0.25) is 0 Å². The number of aromatic nitrogens is 3. The second kappa shape index (κ2) is 8.33. The summed E-state index contributed by atoms with van der Waals surface area (Å²) in [6, 6.07) is 10.8. The van der Waals surface area contributed by atoms with E-state index in [1.807, 2.05) is 11.0 Å². The number of rotatable bonds is 5. The van der Waals surface area contributed by atoms with Crippen molar-refractivity contribution in [1.29, 1.82) is 0 Å². The predicted octanol–water partition coefficient (Wildman–Crippen LogP) is 3.69.